The number of benzene rings is 2. The molecule has 0 heterocycles. The van der Waals surface area contributed by atoms with Crippen LogP contribution in [0.4, 0.5) is 51.8 Å². The van der Waals surface area contributed by atoms with E-state index in [0.717, 1.165) is 0 Å². The van der Waals surface area contributed by atoms with E-state index in [0.29, 0.717) is 0 Å². The average molecular weight is 473 g/mol. The van der Waals surface area contributed by atoms with Crippen molar-refractivity contribution >= 4 is 73.1 Å². The first-order valence-corrected chi connectivity index (χ1v) is 6.69. The van der Waals surface area contributed by atoms with Gasteiger partial charge in [0.1, 0.15) is 0 Å². The molecule has 2 aromatic carbocycles. The van der Waals surface area contributed by atoms with Crippen LogP contribution in [0.2, 0.25) is 0 Å². The van der Waals surface area contributed by atoms with E-state index >= 15 is 0 Å². The Balaban J connectivity index is -0.000000158. The summed E-state index contributed by atoms with van der Waals surface area (Å²) in [6, 6.07) is 20.8. The molecule has 17 heteroatoms. The smallest absolute Gasteiger partial charge is 0.0184 e. The molecule has 0 atom stereocenters. The van der Waals surface area contributed by atoms with E-state index in [1.807, 2.05) is 12.1 Å². The SMILES string of the molecule is F[B-](F)(F)F.F[B-](F)(F)F.F[B-](F)(F)F.O.[KH].c1ccc(-c2ccccc2)cc1. The first-order valence-electron chi connectivity index (χ1n) is 6.69. The minimum atomic E-state index is -6.00. The van der Waals surface area contributed by atoms with E-state index in [1.54, 1.807) is 0 Å². The molecule has 2 aromatic rings. The fourth-order valence-corrected chi connectivity index (χ4v) is 1.26. The van der Waals surface area contributed by atoms with Crippen LogP contribution in [0.5, 0.6) is 0 Å². The van der Waals surface area contributed by atoms with E-state index in [2.05, 4.69) is 48.5 Å². The van der Waals surface area contributed by atoms with Gasteiger partial charge in [-0.05, 0) is 11.1 Å². The first-order chi connectivity index (χ1) is 12.0. The third-order valence-electron chi connectivity index (χ3n) is 1.88. The molecule has 164 valence electrons. The minimum Gasteiger partial charge on any atom is -0.0622 e. The van der Waals surface area contributed by atoms with Gasteiger partial charge in [0, 0.05) is 0 Å². The maximum absolute atomic E-state index is 9.75. The number of rotatable bonds is 1. The Hall–Kier alpha value is -0.609. The van der Waals surface area contributed by atoms with Crippen LogP contribution in [0.1, 0.15) is 0 Å². The van der Waals surface area contributed by atoms with Gasteiger partial charge in [0.15, 0.2) is 0 Å². The van der Waals surface area contributed by atoms with Crippen molar-refractivity contribution in [3.05, 3.63) is 60.7 Å². The van der Waals surface area contributed by atoms with Gasteiger partial charge in [-0.2, -0.15) is 0 Å². The topological polar surface area (TPSA) is 31.5 Å². The fourth-order valence-electron chi connectivity index (χ4n) is 1.26. The van der Waals surface area contributed by atoms with Gasteiger partial charge < -0.3 is 57.3 Å². The summed E-state index contributed by atoms with van der Waals surface area (Å²) in [5.74, 6) is 0. The van der Waals surface area contributed by atoms with Crippen molar-refractivity contribution in [2.75, 3.05) is 0 Å². The Labute approximate surface area is 200 Å². The van der Waals surface area contributed by atoms with Gasteiger partial charge in [-0.3, -0.25) is 0 Å². The summed E-state index contributed by atoms with van der Waals surface area (Å²) < 4.78 is 117. The van der Waals surface area contributed by atoms with Crippen LogP contribution in [0.25, 0.3) is 11.1 Å². The summed E-state index contributed by atoms with van der Waals surface area (Å²) in [6.07, 6.45) is 0. The largest absolute Gasteiger partial charge is 0.0622 e. The molecule has 0 unspecified atom stereocenters. The molecule has 0 saturated carbocycles. The molecule has 2 N–H and O–H groups in total. The number of hydrogen-bond donors (Lipinski definition) is 0. The third-order valence-corrected chi connectivity index (χ3v) is 1.88. The van der Waals surface area contributed by atoms with E-state index in [9.17, 15) is 51.8 Å². The fraction of sp³-hybridized carbons (Fsp3) is 0. The minimum absolute atomic E-state index is 0. The molecule has 0 aliphatic heterocycles. The summed E-state index contributed by atoms with van der Waals surface area (Å²) in [5.41, 5.74) is 2.55. The average Bonchev–Trinajstić information content (AvgIpc) is 2.44. The van der Waals surface area contributed by atoms with Gasteiger partial charge in [-0.25, -0.2) is 0 Å². The number of hydrogen-bond acceptors (Lipinski definition) is 0. The van der Waals surface area contributed by atoms with Crippen LogP contribution >= 0.6 is 0 Å². The van der Waals surface area contributed by atoms with Crippen LogP contribution < -0.4 is 0 Å². The third kappa shape index (κ3) is 47.0. The van der Waals surface area contributed by atoms with Gasteiger partial charge in [0.25, 0.3) is 0 Å². The molecule has 0 radical (unpaired) electrons. The zero-order chi connectivity index (χ0) is 21.7. The van der Waals surface area contributed by atoms with Gasteiger partial charge in [-0.1, -0.05) is 60.7 Å². The summed E-state index contributed by atoms with van der Waals surface area (Å²) >= 11 is 0. The van der Waals surface area contributed by atoms with E-state index in [-0.39, 0.29) is 56.9 Å². The maximum atomic E-state index is 9.75. The predicted molar refractivity (Wildman–Crippen MR) is 93.2 cm³/mol. The zero-order valence-electron chi connectivity index (χ0n) is 13.5. The molecule has 1 nitrogen and oxygen atoms in total. The van der Waals surface area contributed by atoms with Crippen LogP contribution in [-0.2, 0) is 0 Å². The molecule has 0 amide bonds. The summed E-state index contributed by atoms with van der Waals surface area (Å²) in [7, 11) is -18.0. The van der Waals surface area contributed by atoms with Gasteiger partial charge in [-0.15, -0.1) is 0 Å². The summed E-state index contributed by atoms with van der Waals surface area (Å²) in [5, 5.41) is 0. The molecule has 0 spiro atoms. The Bertz CT molecular complexity index is 523. The van der Waals surface area contributed by atoms with E-state index in [1.165, 1.54) is 11.1 Å². The Kier molecular flexibility index (Phi) is 21.1. The second-order valence-electron chi connectivity index (χ2n) is 4.22. The second-order valence-corrected chi connectivity index (χ2v) is 4.22. The van der Waals surface area contributed by atoms with Gasteiger partial charge in [0.05, 0.1) is 0 Å². The van der Waals surface area contributed by atoms with Crippen LogP contribution in [0.15, 0.2) is 60.7 Å². The molecule has 0 fully saturated rings. The van der Waals surface area contributed by atoms with Crippen LogP contribution in [0, 0.1) is 0 Å². The van der Waals surface area contributed by atoms with Crippen molar-refractivity contribution in [1.82, 2.24) is 0 Å². The molecular formula is C12H13B3F12KO-3. The Morgan fingerprint density at radius 1 is 0.379 bits per heavy atom. The monoisotopic (exact) mass is 473 g/mol. The van der Waals surface area contributed by atoms with Crippen LogP contribution in [-0.4, -0.2) is 78.6 Å². The van der Waals surface area contributed by atoms with Crippen molar-refractivity contribution in [3.8, 4) is 11.1 Å². The molecule has 0 bridgehead atoms. The van der Waals surface area contributed by atoms with Gasteiger partial charge in [0.2, 0.25) is 0 Å². The predicted octanol–water partition coefficient (Wildman–Crippen LogP) is 5.78. The van der Waals surface area contributed by atoms with E-state index < -0.39 is 21.8 Å². The van der Waals surface area contributed by atoms with Crippen molar-refractivity contribution in [2.24, 2.45) is 0 Å². The normalized spacial score (nSPS) is 10.2. The molecule has 0 aliphatic rings. The van der Waals surface area contributed by atoms with Gasteiger partial charge >= 0.3 is 73.1 Å². The first kappa shape index (κ1) is 35.8. The standard InChI is InChI=1S/C12H10.3BF4.K.H2O.H/c1-3-7-11(8-4-1)12-9-5-2-6-10-12;3*2-1(3,4)5;;;/h1-10H;;;;;1H2;/q;3*-1;;;. The van der Waals surface area contributed by atoms with Crippen molar-refractivity contribution in [1.29, 1.82) is 0 Å². The Morgan fingerprint density at radius 2 is 0.517 bits per heavy atom. The molecule has 29 heavy (non-hydrogen) atoms. The zero-order valence-corrected chi connectivity index (χ0v) is 13.5. The summed E-state index contributed by atoms with van der Waals surface area (Å²) in [6.45, 7) is 0. The number of halogens is 12. The molecule has 0 saturated heterocycles. The quantitative estimate of drug-likeness (QED) is 0.372. The second kappa shape index (κ2) is 17.1. The van der Waals surface area contributed by atoms with Crippen LogP contribution in [0.3, 0.4) is 0 Å². The maximum Gasteiger partial charge on any atom is -0.0184 e. The molecule has 0 aliphatic carbocycles. The molecular weight excluding hydrogens is 460 g/mol. The van der Waals surface area contributed by atoms with E-state index in [4.69, 9.17) is 0 Å². The van der Waals surface area contributed by atoms with Crippen molar-refractivity contribution in [3.63, 3.8) is 0 Å². The van der Waals surface area contributed by atoms with Crippen molar-refractivity contribution in [2.45, 2.75) is 0 Å². The Morgan fingerprint density at radius 3 is 0.655 bits per heavy atom. The molecule has 0 aromatic heterocycles. The summed E-state index contributed by atoms with van der Waals surface area (Å²) in [4.78, 5) is 0. The van der Waals surface area contributed by atoms with Crippen molar-refractivity contribution < 1.29 is 57.3 Å². The molecule has 2 rings (SSSR count).